The van der Waals surface area contributed by atoms with E-state index in [2.05, 4.69) is 5.32 Å². The maximum atomic E-state index is 10.5. The van der Waals surface area contributed by atoms with E-state index in [-0.39, 0.29) is 42.4 Å². The van der Waals surface area contributed by atoms with Crippen LogP contribution in [-0.4, -0.2) is 63.7 Å². The van der Waals surface area contributed by atoms with Gasteiger partial charge in [0, 0.05) is 13.3 Å². The van der Waals surface area contributed by atoms with Crippen LogP contribution in [0.15, 0.2) is 0 Å². The van der Waals surface area contributed by atoms with Gasteiger partial charge in [-0.3, -0.25) is 9.59 Å². The van der Waals surface area contributed by atoms with Gasteiger partial charge in [0.25, 0.3) is 0 Å². The van der Waals surface area contributed by atoms with E-state index >= 15 is 0 Å². The Morgan fingerprint density at radius 3 is 2.07 bits per heavy atom. The summed E-state index contributed by atoms with van der Waals surface area (Å²) in [6.07, 6.45) is -0.387. The molecule has 0 radical (unpaired) electrons. The number of amides is 1. The van der Waals surface area contributed by atoms with Gasteiger partial charge in [-0.15, -0.1) is 0 Å². The predicted molar refractivity (Wildman–Crippen MR) is 49.3 cm³/mol. The van der Waals surface area contributed by atoms with Crippen LogP contribution in [0.1, 0.15) is 19.8 Å². The molecule has 1 amide bonds. The molecule has 0 spiro atoms. The second-order valence-electron chi connectivity index (χ2n) is 2.52. The first-order valence-electron chi connectivity index (χ1n) is 3.65. The quantitative estimate of drug-likeness (QED) is 0.497. The Labute approximate surface area is 103 Å². The number of carboxylic acids is 2. The summed E-state index contributed by atoms with van der Waals surface area (Å²) in [5, 5.41) is 18.9. The Bertz CT molecular complexity index is 230. The predicted octanol–water partition coefficient (Wildman–Crippen LogP) is -1.21. The molecular weight excluding hydrogens is 201 g/mol. The first-order chi connectivity index (χ1) is 5.93. The average molecular weight is 213 g/mol. The number of carbonyl (C=O) groups excluding carboxylic acids is 1. The molecule has 0 aliphatic rings. The Morgan fingerprint density at radius 1 is 1.29 bits per heavy atom. The molecule has 0 bridgehead atoms. The fraction of sp³-hybridized carbons (Fsp3) is 0.571. The molecule has 1 atom stereocenters. The minimum absolute atomic E-state index is 0. The zero-order valence-electron chi connectivity index (χ0n) is 7.11. The van der Waals surface area contributed by atoms with Crippen molar-refractivity contribution >= 4 is 47.4 Å². The van der Waals surface area contributed by atoms with E-state index in [0.29, 0.717) is 0 Å². The summed E-state index contributed by atoms with van der Waals surface area (Å²) in [5.74, 6) is -2.80. The van der Waals surface area contributed by atoms with Gasteiger partial charge in [0.15, 0.2) is 0 Å². The van der Waals surface area contributed by atoms with E-state index in [1.165, 1.54) is 6.92 Å². The summed E-state index contributed by atoms with van der Waals surface area (Å²) in [5.41, 5.74) is 0. The number of carbonyl (C=O) groups is 3. The van der Waals surface area contributed by atoms with Crippen LogP contribution in [0, 0.1) is 0 Å². The summed E-state index contributed by atoms with van der Waals surface area (Å²) < 4.78 is 0. The van der Waals surface area contributed by atoms with Gasteiger partial charge in [-0.1, -0.05) is 0 Å². The normalized spacial score (nSPS) is 10.9. The summed E-state index contributed by atoms with van der Waals surface area (Å²) >= 11 is 0. The first kappa shape index (κ1) is 15.9. The van der Waals surface area contributed by atoms with E-state index < -0.39 is 23.9 Å². The third-order valence-electron chi connectivity index (χ3n) is 1.32. The van der Waals surface area contributed by atoms with Crippen molar-refractivity contribution in [1.82, 2.24) is 5.32 Å². The Morgan fingerprint density at radius 2 is 1.79 bits per heavy atom. The van der Waals surface area contributed by atoms with Gasteiger partial charge in [0.2, 0.25) is 5.91 Å². The van der Waals surface area contributed by atoms with Crippen LogP contribution < -0.4 is 5.32 Å². The van der Waals surface area contributed by atoms with Crippen LogP contribution >= 0.6 is 0 Å². The molecular formula is C7H12NNaO5. The molecule has 0 unspecified atom stereocenters. The molecule has 0 fully saturated rings. The summed E-state index contributed by atoms with van der Waals surface area (Å²) in [7, 11) is 0. The van der Waals surface area contributed by atoms with E-state index in [1.807, 2.05) is 0 Å². The van der Waals surface area contributed by atoms with Crippen LogP contribution in [0.25, 0.3) is 0 Å². The second kappa shape index (κ2) is 7.78. The summed E-state index contributed by atoms with van der Waals surface area (Å²) in [6, 6.07) is -1.12. The minimum atomic E-state index is -1.23. The molecule has 0 aromatic heterocycles. The van der Waals surface area contributed by atoms with E-state index in [9.17, 15) is 14.4 Å². The molecule has 76 valence electrons. The number of nitrogens with one attached hydrogen (secondary N) is 1. The molecule has 0 saturated carbocycles. The molecule has 6 nitrogen and oxygen atoms in total. The van der Waals surface area contributed by atoms with Crippen molar-refractivity contribution in [2.45, 2.75) is 25.8 Å². The van der Waals surface area contributed by atoms with Crippen LogP contribution in [0.5, 0.6) is 0 Å². The van der Waals surface area contributed by atoms with Gasteiger partial charge >= 0.3 is 41.5 Å². The fourth-order valence-electron chi connectivity index (χ4n) is 0.771. The van der Waals surface area contributed by atoms with Crippen LogP contribution in [0.3, 0.4) is 0 Å². The van der Waals surface area contributed by atoms with Gasteiger partial charge in [0.1, 0.15) is 6.04 Å². The van der Waals surface area contributed by atoms with Crippen LogP contribution in [-0.2, 0) is 14.4 Å². The molecule has 0 saturated heterocycles. The van der Waals surface area contributed by atoms with Crippen molar-refractivity contribution in [2.75, 3.05) is 0 Å². The number of hydrogen-bond acceptors (Lipinski definition) is 3. The molecule has 14 heavy (non-hydrogen) atoms. The standard InChI is InChI=1S/C7H11NO5.Na.H/c1-4(9)8-5(7(12)13)2-3-6(10)11;;/h5H,2-3H2,1H3,(H,8,9)(H,10,11)(H,12,13);;/t5-;;/m1../s1. The first-order valence-corrected chi connectivity index (χ1v) is 3.65. The Balaban J connectivity index is 0. The summed E-state index contributed by atoms with van der Waals surface area (Å²) in [6.45, 7) is 1.18. The van der Waals surface area contributed by atoms with Crippen molar-refractivity contribution in [3.8, 4) is 0 Å². The second-order valence-corrected chi connectivity index (χ2v) is 2.52. The summed E-state index contributed by atoms with van der Waals surface area (Å²) in [4.78, 5) is 31.0. The van der Waals surface area contributed by atoms with E-state index in [1.54, 1.807) is 0 Å². The number of carboxylic acid groups (broad SMARTS) is 2. The van der Waals surface area contributed by atoms with Gasteiger partial charge in [-0.2, -0.15) is 0 Å². The Hall–Kier alpha value is -0.590. The molecule has 0 heterocycles. The van der Waals surface area contributed by atoms with Crippen LogP contribution in [0.4, 0.5) is 0 Å². The molecule has 0 aromatic rings. The fourth-order valence-corrected chi connectivity index (χ4v) is 0.771. The van der Waals surface area contributed by atoms with Gasteiger partial charge in [-0.25, -0.2) is 4.79 Å². The van der Waals surface area contributed by atoms with Gasteiger partial charge in [-0.05, 0) is 6.42 Å². The number of hydrogen-bond donors (Lipinski definition) is 3. The van der Waals surface area contributed by atoms with E-state index in [0.717, 1.165) is 0 Å². The Kier molecular flexibility index (Phi) is 8.82. The molecule has 0 rings (SSSR count). The average Bonchev–Trinajstić information content (AvgIpc) is 1.96. The molecule has 7 heteroatoms. The van der Waals surface area contributed by atoms with Gasteiger partial charge in [0.05, 0.1) is 0 Å². The van der Waals surface area contributed by atoms with Crippen molar-refractivity contribution < 1.29 is 24.6 Å². The van der Waals surface area contributed by atoms with Crippen molar-refractivity contribution in [3.05, 3.63) is 0 Å². The third kappa shape index (κ3) is 8.03. The topological polar surface area (TPSA) is 104 Å². The van der Waals surface area contributed by atoms with Crippen LogP contribution in [0.2, 0.25) is 0 Å². The van der Waals surface area contributed by atoms with E-state index in [4.69, 9.17) is 10.2 Å². The zero-order valence-corrected chi connectivity index (χ0v) is 7.11. The molecule has 0 aliphatic heterocycles. The molecule has 3 N–H and O–H groups in total. The number of aliphatic carboxylic acids is 2. The van der Waals surface area contributed by atoms with Crippen molar-refractivity contribution in [2.24, 2.45) is 0 Å². The van der Waals surface area contributed by atoms with Crippen molar-refractivity contribution in [3.63, 3.8) is 0 Å². The SMILES string of the molecule is CC(=O)N[C@H](CCC(=O)O)C(=O)O.[NaH]. The van der Waals surface area contributed by atoms with Crippen molar-refractivity contribution in [1.29, 1.82) is 0 Å². The maximum absolute atomic E-state index is 10.5. The molecule has 0 aliphatic carbocycles. The number of rotatable bonds is 5. The monoisotopic (exact) mass is 213 g/mol. The zero-order chi connectivity index (χ0) is 10.4. The third-order valence-corrected chi connectivity index (χ3v) is 1.32. The molecule has 0 aromatic carbocycles. The van der Waals surface area contributed by atoms with Gasteiger partial charge < -0.3 is 15.5 Å².